The maximum absolute atomic E-state index is 12.6. The molecule has 3 aromatic carbocycles. The van der Waals surface area contributed by atoms with E-state index in [1.54, 1.807) is 6.07 Å². The van der Waals surface area contributed by atoms with Gasteiger partial charge in [0.25, 0.3) is 0 Å². The molecule has 3 nitrogen and oxygen atoms in total. The molecule has 4 rings (SSSR count). The maximum Gasteiger partial charge on any atom is 0.170 e. The zero-order chi connectivity index (χ0) is 18.6. The monoisotopic (exact) mass is 357 g/mol. The van der Waals surface area contributed by atoms with Gasteiger partial charge in [-0.1, -0.05) is 36.4 Å². The lowest BCUT2D eigenvalue weighted by Crippen LogP contribution is -2.29. The number of rotatable bonds is 5. The zero-order valence-corrected chi connectivity index (χ0v) is 15.4. The van der Waals surface area contributed by atoms with Crippen LogP contribution in [-0.2, 0) is 0 Å². The molecule has 3 heteroatoms. The number of anilines is 1. The fourth-order valence-electron chi connectivity index (χ4n) is 3.72. The number of fused-ring (bicyclic) bond motifs is 1. The van der Waals surface area contributed by atoms with Gasteiger partial charge in [0.2, 0.25) is 0 Å². The van der Waals surface area contributed by atoms with Crippen LogP contribution < -0.4 is 4.90 Å². The van der Waals surface area contributed by atoms with Crippen LogP contribution in [0.15, 0.2) is 66.7 Å². The Hall–Kier alpha value is -2.94. The summed E-state index contributed by atoms with van der Waals surface area (Å²) in [5.41, 5.74) is 2.35. The molecule has 1 fully saturated rings. The van der Waals surface area contributed by atoms with E-state index in [1.807, 2.05) is 60.7 Å². The van der Waals surface area contributed by atoms with Crippen LogP contribution in [0, 0.1) is 0 Å². The molecular formula is C24H23NO2. The molecule has 1 saturated heterocycles. The lowest BCUT2D eigenvalue weighted by molar-refractivity contribution is 0.0894. The first-order chi connectivity index (χ1) is 13.2. The average Bonchev–Trinajstić information content (AvgIpc) is 2.74. The Morgan fingerprint density at radius 1 is 0.704 bits per heavy atom. The quantitative estimate of drug-likeness (QED) is 0.460. The SMILES string of the molecule is O=C(CC(=O)c1ccc2ccccc2c1)c1ccc(N2CCCCC2)cc1. The summed E-state index contributed by atoms with van der Waals surface area (Å²) in [7, 11) is 0. The molecule has 0 bridgehead atoms. The van der Waals surface area contributed by atoms with E-state index in [-0.39, 0.29) is 18.0 Å². The van der Waals surface area contributed by atoms with E-state index in [0.29, 0.717) is 11.1 Å². The fourth-order valence-corrected chi connectivity index (χ4v) is 3.72. The van der Waals surface area contributed by atoms with Crippen LogP contribution >= 0.6 is 0 Å². The van der Waals surface area contributed by atoms with Crippen molar-refractivity contribution in [3.8, 4) is 0 Å². The smallest absolute Gasteiger partial charge is 0.170 e. The molecule has 0 unspecified atom stereocenters. The molecule has 0 saturated carbocycles. The minimum atomic E-state index is -0.133. The topological polar surface area (TPSA) is 37.4 Å². The lowest BCUT2D eigenvalue weighted by Gasteiger charge is -2.28. The van der Waals surface area contributed by atoms with Crippen LogP contribution in [0.2, 0.25) is 0 Å². The molecule has 0 aliphatic carbocycles. The summed E-state index contributed by atoms with van der Waals surface area (Å²) in [6, 6.07) is 21.2. The van der Waals surface area contributed by atoms with E-state index >= 15 is 0 Å². The minimum Gasteiger partial charge on any atom is -0.372 e. The fraction of sp³-hybridized carbons (Fsp3) is 0.250. The minimum absolute atomic E-state index is 0.0958. The summed E-state index contributed by atoms with van der Waals surface area (Å²) in [6.07, 6.45) is 3.65. The molecule has 27 heavy (non-hydrogen) atoms. The van der Waals surface area contributed by atoms with Gasteiger partial charge in [-0.15, -0.1) is 0 Å². The maximum atomic E-state index is 12.6. The van der Waals surface area contributed by atoms with Crippen molar-refractivity contribution >= 4 is 28.0 Å². The van der Waals surface area contributed by atoms with Crippen LogP contribution in [0.4, 0.5) is 5.69 Å². The summed E-state index contributed by atoms with van der Waals surface area (Å²) in [4.78, 5) is 27.5. The van der Waals surface area contributed by atoms with E-state index in [4.69, 9.17) is 0 Å². The third-order valence-electron chi connectivity index (χ3n) is 5.30. The van der Waals surface area contributed by atoms with E-state index < -0.39 is 0 Å². The predicted octanol–water partition coefficient (Wildman–Crippen LogP) is 5.29. The number of hydrogen-bond donors (Lipinski definition) is 0. The van der Waals surface area contributed by atoms with Crippen molar-refractivity contribution in [2.75, 3.05) is 18.0 Å². The molecule has 0 atom stereocenters. The van der Waals surface area contributed by atoms with E-state index in [2.05, 4.69) is 4.90 Å². The standard InChI is InChI=1S/C24H23NO2/c26-23(19-10-12-22(13-11-19)25-14-4-1-5-15-25)17-24(27)21-9-8-18-6-2-3-7-20(18)16-21/h2-3,6-13,16H,1,4-5,14-15,17H2. The van der Waals surface area contributed by atoms with Crippen LogP contribution in [-0.4, -0.2) is 24.7 Å². The normalized spacial score (nSPS) is 14.3. The summed E-state index contributed by atoms with van der Waals surface area (Å²) in [6.45, 7) is 2.15. The molecule has 1 aliphatic rings. The zero-order valence-electron chi connectivity index (χ0n) is 15.4. The van der Waals surface area contributed by atoms with Gasteiger partial charge in [-0.3, -0.25) is 9.59 Å². The highest BCUT2D eigenvalue weighted by Crippen LogP contribution is 2.21. The van der Waals surface area contributed by atoms with Crippen molar-refractivity contribution in [3.05, 3.63) is 77.9 Å². The van der Waals surface area contributed by atoms with Gasteiger partial charge in [-0.05, 0) is 60.4 Å². The first-order valence-corrected chi connectivity index (χ1v) is 9.61. The highest BCUT2D eigenvalue weighted by atomic mass is 16.1. The van der Waals surface area contributed by atoms with Crippen LogP contribution in [0.25, 0.3) is 10.8 Å². The number of benzene rings is 3. The Morgan fingerprint density at radius 2 is 1.33 bits per heavy atom. The molecule has 1 heterocycles. The second-order valence-electron chi connectivity index (χ2n) is 7.18. The Labute approximate surface area is 159 Å². The van der Waals surface area contributed by atoms with Gasteiger partial charge in [-0.25, -0.2) is 0 Å². The van der Waals surface area contributed by atoms with Gasteiger partial charge < -0.3 is 4.90 Å². The molecule has 1 aliphatic heterocycles. The van der Waals surface area contributed by atoms with Crippen LogP contribution in [0.3, 0.4) is 0 Å². The Morgan fingerprint density at radius 3 is 2.07 bits per heavy atom. The van der Waals surface area contributed by atoms with Crippen molar-refractivity contribution in [1.82, 2.24) is 0 Å². The summed E-state index contributed by atoms with van der Waals surface area (Å²) >= 11 is 0. The van der Waals surface area contributed by atoms with Crippen molar-refractivity contribution in [1.29, 1.82) is 0 Å². The number of hydrogen-bond acceptors (Lipinski definition) is 3. The number of piperidine rings is 1. The highest BCUT2D eigenvalue weighted by Gasteiger charge is 2.15. The van der Waals surface area contributed by atoms with Crippen molar-refractivity contribution in [3.63, 3.8) is 0 Å². The summed E-state index contributed by atoms with van der Waals surface area (Å²) in [5.74, 6) is -0.260. The van der Waals surface area contributed by atoms with Gasteiger partial charge in [-0.2, -0.15) is 0 Å². The number of ketones is 2. The molecule has 0 radical (unpaired) electrons. The van der Waals surface area contributed by atoms with Crippen molar-refractivity contribution in [2.45, 2.75) is 25.7 Å². The van der Waals surface area contributed by atoms with E-state index in [9.17, 15) is 9.59 Å². The van der Waals surface area contributed by atoms with E-state index in [0.717, 1.165) is 29.5 Å². The molecule has 0 amide bonds. The molecule has 0 N–H and O–H groups in total. The lowest BCUT2D eigenvalue weighted by atomic mass is 9.99. The molecule has 136 valence electrons. The second-order valence-corrected chi connectivity index (χ2v) is 7.18. The van der Waals surface area contributed by atoms with Gasteiger partial charge in [0.05, 0.1) is 6.42 Å². The third-order valence-corrected chi connectivity index (χ3v) is 5.30. The van der Waals surface area contributed by atoms with Crippen molar-refractivity contribution in [2.24, 2.45) is 0 Å². The predicted molar refractivity (Wildman–Crippen MR) is 110 cm³/mol. The number of nitrogens with zero attached hydrogens (tertiary/aromatic N) is 1. The number of Topliss-reactive ketones (excluding diaryl/α,β-unsaturated/α-hetero) is 2. The van der Waals surface area contributed by atoms with Crippen LogP contribution in [0.1, 0.15) is 46.4 Å². The van der Waals surface area contributed by atoms with Gasteiger partial charge >= 0.3 is 0 Å². The Balaban J connectivity index is 1.45. The third kappa shape index (κ3) is 3.92. The van der Waals surface area contributed by atoms with Crippen LogP contribution in [0.5, 0.6) is 0 Å². The number of carbonyl (C=O) groups excluding carboxylic acids is 2. The average molecular weight is 357 g/mol. The molecule has 0 aromatic heterocycles. The summed E-state index contributed by atoms with van der Waals surface area (Å²) < 4.78 is 0. The Bertz CT molecular complexity index is 969. The molecule has 3 aromatic rings. The second kappa shape index (κ2) is 7.75. The van der Waals surface area contributed by atoms with Crippen molar-refractivity contribution < 1.29 is 9.59 Å². The highest BCUT2D eigenvalue weighted by molar-refractivity contribution is 6.14. The first kappa shape index (κ1) is 17.5. The molecular weight excluding hydrogens is 334 g/mol. The summed E-state index contributed by atoms with van der Waals surface area (Å²) in [5, 5.41) is 2.11. The molecule has 0 spiro atoms. The largest absolute Gasteiger partial charge is 0.372 e. The van der Waals surface area contributed by atoms with Gasteiger partial charge in [0, 0.05) is 29.9 Å². The Kier molecular flexibility index (Phi) is 5.01. The van der Waals surface area contributed by atoms with Gasteiger partial charge in [0.1, 0.15) is 0 Å². The van der Waals surface area contributed by atoms with Gasteiger partial charge in [0.15, 0.2) is 11.6 Å². The number of carbonyl (C=O) groups is 2. The van der Waals surface area contributed by atoms with E-state index in [1.165, 1.54) is 19.3 Å². The first-order valence-electron chi connectivity index (χ1n) is 9.61.